The number of carboxylic acid groups (broad SMARTS) is 1. The lowest BCUT2D eigenvalue weighted by Gasteiger charge is -2.00. The van der Waals surface area contributed by atoms with Crippen molar-refractivity contribution >= 4 is 28.8 Å². The number of nitrogens with two attached hydrogens (primary N) is 1. The predicted molar refractivity (Wildman–Crippen MR) is 57.2 cm³/mol. The van der Waals surface area contributed by atoms with Gasteiger partial charge < -0.3 is 15.8 Å². The summed E-state index contributed by atoms with van der Waals surface area (Å²) >= 11 is 0. The molecule has 0 amide bonds. The van der Waals surface area contributed by atoms with Crippen LogP contribution in [0.4, 0.5) is 5.69 Å². The van der Waals surface area contributed by atoms with Gasteiger partial charge in [0.2, 0.25) is 0 Å². The van der Waals surface area contributed by atoms with Gasteiger partial charge in [-0.1, -0.05) is 6.07 Å². The monoisotopic (exact) mass is 203 g/mol. The molecule has 2 aromatic rings. The third kappa shape index (κ3) is 1.67. The molecule has 0 aliphatic heterocycles. The number of carbonyl (C=O) groups is 1. The summed E-state index contributed by atoms with van der Waals surface area (Å²) in [4.78, 5) is 17.3. The highest BCUT2D eigenvalue weighted by Gasteiger charge is 2.04. The number of hydrogen-bond acceptors (Lipinski definition) is 3. The second-order valence-corrected chi connectivity index (χ2v) is 3.04. The molecule has 0 atom stereocenters. The van der Waals surface area contributed by atoms with Crippen molar-refractivity contribution in [2.75, 3.05) is 5.73 Å². The zero-order valence-corrected chi connectivity index (χ0v) is 7.77. The van der Waals surface area contributed by atoms with Crippen LogP contribution in [0.15, 0.2) is 24.5 Å². The maximum Gasteiger partial charge on any atom is 0.328 e. The van der Waals surface area contributed by atoms with Gasteiger partial charge >= 0.3 is 5.97 Å². The number of H-pyrrole nitrogens is 1. The second kappa shape index (κ2) is 3.45. The highest BCUT2D eigenvalue weighted by Crippen LogP contribution is 2.22. The molecule has 0 spiro atoms. The molecule has 0 bridgehead atoms. The van der Waals surface area contributed by atoms with Crippen molar-refractivity contribution in [3.05, 3.63) is 30.1 Å². The van der Waals surface area contributed by atoms with E-state index in [1.807, 2.05) is 0 Å². The van der Waals surface area contributed by atoms with Crippen LogP contribution in [0.25, 0.3) is 17.1 Å². The normalized spacial score (nSPS) is 11.2. The lowest BCUT2D eigenvalue weighted by molar-refractivity contribution is -0.131. The van der Waals surface area contributed by atoms with Crippen LogP contribution in [0, 0.1) is 0 Å². The Morgan fingerprint density at radius 3 is 3.07 bits per heavy atom. The molecule has 0 saturated heterocycles. The number of rotatable bonds is 2. The molecule has 5 heteroatoms. The van der Waals surface area contributed by atoms with Crippen molar-refractivity contribution in [2.45, 2.75) is 0 Å². The number of aromatic nitrogens is 2. The van der Waals surface area contributed by atoms with Crippen molar-refractivity contribution < 1.29 is 9.90 Å². The largest absolute Gasteiger partial charge is 0.478 e. The zero-order chi connectivity index (χ0) is 10.8. The van der Waals surface area contributed by atoms with E-state index in [2.05, 4.69) is 9.97 Å². The number of nitrogens with one attached hydrogen (secondary N) is 1. The van der Waals surface area contributed by atoms with Crippen LogP contribution in [-0.4, -0.2) is 21.0 Å². The number of carboxylic acids is 1. The Morgan fingerprint density at radius 2 is 2.33 bits per heavy atom. The van der Waals surface area contributed by atoms with Crippen molar-refractivity contribution in [1.82, 2.24) is 9.97 Å². The molecule has 76 valence electrons. The van der Waals surface area contributed by atoms with Crippen molar-refractivity contribution in [3.8, 4) is 0 Å². The van der Waals surface area contributed by atoms with E-state index in [9.17, 15) is 4.79 Å². The van der Waals surface area contributed by atoms with Crippen LogP contribution in [-0.2, 0) is 4.79 Å². The lowest BCUT2D eigenvalue weighted by atomic mass is 10.1. The topological polar surface area (TPSA) is 92.0 Å². The van der Waals surface area contributed by atoms with Crippen molar-refractivity contribution in [3.63, 3.8) is 0 Å². The third-order valence-corrected chi connectivity index (χ3v) is 2.07. The Balaban J connectivity index is 2.52. The van der Waals surface area contributed by atoms with Gasteiger partial charge in [0.15, 0.2) is 0 Å². The van der Waals surface area contributed by atoms with Gasteiger partial charge in [0.25, 0.3) is 0 Å². The van der Waals surface area contributed by atoms with Crippen molar-refractivity contribution in [1.29, 1.82) is 0 Å². The minimum Gasteiger partial charge on any atom is -0.478 e. The standard InChI is InChI=1S/C10H9N3O2/c11-9-6(2-4-8(14)15)1-3-7-10(9)13-5-12-7/h1-5H,11H2,(H,12,13)(H,14,15). The first kappa shape index (κ1) is 9.26. The van der Waals surface area contributed by atoms with Gasteiger partial charge in [-0.15, -0.1) is 0 Å². The number of benzene rings is 1. The van der Waals surface area contributed by atoms with E-state index in [1.165, 1.54) is 6.08 Å². The highest BCUT2D eigenvalue weighted by atomic mass is 16.4. The number of nitrogen functional groups attached to an aromatic ring is 1. The molecule has 4 N–H and O–H groups in total. The van der Waals surface area contributed by atoms with E-state index in [0.29, 0.717) is 16.8 Å². The minimum absolute atomic E-state index is 0.478. The van der Waals surface area contributed by atoms with Crippen LogP contribution in [0.2, 0.25) is 0 Å². The second-order valence-electron chi connectivity index (χ2n) is 3.04. The Kier molecular flexibility index (Phi) is 2.13. The number of anilines is 1. The van der Waals surface area contributed by atoms with Gasteiger partial charge in [0, 0.05) is 11.6 Å². The molecule has 2 rings (SSSR count). The van der Waals surface area contributed by atoms with E-state index in [1.54, 1.807) is 18.5 Å². The molecule has 0 aliphatic rings. The molecule has 0 aliphatic carbocycles. The first-order valence-electron chi connectivity index (χ1n) is 4.31. The molecule has 0 saturated carbocycles. The average molecular weight is 203 g/mol. The molecule has 1 aromatic carbocycles. The fraction of sp³-hybridized carbons (Fsp3) is 0. The number of fused-ring (bicyclic) bond motifs is 1. The number of hydrogen-bond donors (Lipinski definition) is 3. The zero-order valence-electron chi connectivity index (χ0n) is 7.77. The number of imidazole rings is 1. The summed E-state index contributed by atoms with van der Waals surface area (Å²) in [6.45, 7) is 0. The van der Waals surface area contributed by atoms with Gasteiger partial charge in [-0.2, -0.15) is 0 Å². The number of aromatic amines is 1. The molecule has 1 heterocycles. The predicted octanol–water partition coefficient (Wildman–Crippen LogP) is 1.24. The van der Waals surface area contributed by atoms with E-state index >= 15 is 0 Å². The van der Waals surface area contributed by atoms with Gasteiger partial charge in [-0.3, -0.25) is 0 Å². The smallest absolute Gasteiger partial charge is 0.328 e. The van der Waals surface area contributed by atoms with E-state index in [4.69, 9.17) is 10.8 Å². The molecule has 0 unspecified atom stereocenters. The van der Waals surface area contributed by atoms with Gasteiger partial charge in [0.1, 0.15) is 5.52 Å². The Labute approximate surface area is 85.2 Å². The molecular weight excluding hydrogens is 194 g/mol. The summed E-state index contributed by atoms with van der Waals surface area (Å²) in [5.41, 5.74) is 8.44. The van der Waals surface area contributed by atoms with Crippen LogP contribution in [0.1, 0.15) is 5.56 Å². The van der Waals surface area contributed by atoms with Gasteiger partial charge in [-0.05, 0) is 12.1 Å². The minimum atomic E-state index is -1.00. The number of aliphatic carboxylic acids is 1. The Morgan fingerprint density at radius 1 is 1.53 bits per heavy atom. The van der Waals surface area contributed by atoms with E-state index in [-0.39, 0.29) is 0 Å². The fourth-order valence-corrected chi connectivity index (χ4v) is 1.35. The average Bonchev–Trinajstić information content (AvgIpc) is 2.65. The van der Waals surface area contributed by atoms with Crippen LogP contribution < -0.4 is 5.73 Å². The molecule has 0 fully saturated rings. The lowest BCUT2D eigenvalue weighted by Crippen LogP contribution is -1.92. The van der Waals surface area contributed by atoms with Gasteiger partial charge in [0.05, 0.1) is 17.5 Å². The van der Waals surface area contributed by atoms with E-state index in [0.717, 1.165) is 11.6 Å². The maximum atomic E-state index is 10.3. The quantitative estimate of drug-likeness (QED) is 0.505. The first-order chi connectivity index (χ1) is 7.18. The molecule has 5 nitrogen and oxygen atoms in total. The molecule has 15 heavy (non-hydrogen) atoms. The highest BCUT2D eigenvalue weighted by molar-refractivity contribution is 5.94. The first-order valence-corrected chi connectivity index (χ1v) is 4.31. The van der Waals surface area contributed by atoms with Crippen LogP contribution in [0.5, 0.6) is 0 Å². The Bertz CT molecular complexity index is 543. The molecule has 1 aromatic heterocycles. The van der Waals surface area contributed by atoms with Crippen LogP contribution >= 0.6 is 0 Å². The summed E-state index contributed by atoms with van der Waals surface area (Å²) in [7, 11) is 0. The Hall–Kier alpha value is -2.30. The van der Waals surface area contributed by atoms with Crippen LogP contribution in [0.3, 0.4) is 0 Å². The summed E-state index contributed by atoms with van der Waals surface area (Å²) in [5, 5.41) is 8.49. The molecular formula is C10H9N3O2. The maximum absolute atomic E-state index is 10.3. The fourth-order valence-electron chi connectivity index (χ4n) is 1.35. The SMILES string of the molecule is Nc1c(C=CC(=O)O)ccc2[nH]cnc12. The third-order valence-electron chi connectivity index (χ3n) is 2.07. The summed E-state index contributed by atoms with van der Waals surface area (Å²) < 4.78 is 0. The van der Waals surface area contributed by atoms with Crippen molar-refractivity contribution in [2.24, 2.45) is 0 Å². The molecule has 0 radical (unpaired) electrons. The number of nitrogens with zero attached hydrogens (tertiary/aromatic N) is 1. The summed E-state index contributed by atoms with van der Waals surface area (Å²) in [6, 6.07) is 3.55. The summed E-state index contributed by atoms with van der Waals surface area (Å²) in [5.74, 6) is -1.00. The van der Waals surface area contributed by atoms with Gasteiger partial charge in [-0.25, -0.2) is 9.78 Å². The summed E-state index contributed by atoms with van der Waals surface area (Å²) in [6.07, 6.45) is 4.04. The van der Waals surface area contributed by atoms with E-state index < -0.39 is 5.97 Å².